The predicted molar refractivity (Wildman–Crippen MR) is 68.0 cm³/mol. The van der Waals surface area contributed by atoms with Crippen molar-refractivity contribution < 1.29 is 19.4 Å². The van der Waals surface area contributed by atoms with Gasteiger partial charge in [-0.15, -0.1) is 0 Å². The van der Waals surface area contributed by atoms with Gasteiger partial charge in [-0.25, -0.2) is 0 Å². The normalized spacial score (nSPS) is 11.1. The molecule has 0 aliphatic rings. The number of hydrogen-bond donors (Lipinski definition) is 1. The maximum absolute atomic E-state index is 12.0. The number of benzene rings is 1. The summed E-state index contributed by atoms with van der Waals surface area (Å²) < 4.78 is 5.31. The number of Topliss-reactive ketones (excluding diaryl/α,β-unsaturated/α-hetero) is 1. The van der Waals surface area contributed by atoms with Crippen molar-refractivity contribution >= 4 is 11.8 Å². The molecule has 0 atom stereocenters. The number of carbonyl (C=O) groups excluding carboxylic acids is 1. The average molecular weight is 250 g/mol. The topological polar surface area (TPSA) is 63.6 Å². The van der Waals surface area contributed by atoms with Crippen molar-refractivity contribution in [2.45, 2.75) is 27.2 Å². The number of carbonyl (C=O) groups is 2. The quantitative estimate of drug-likeness (QED) is 0.788. The fourth-order valence-electron chi connectivity index (χ4n) is 1.51. The van der Waals surface area contributed by atoms with Crippen LogP contribution in [-0.4, -0.2) is 23.5 Å². The molecule has 4 heteroatoms. The molecule has 0 amide bonds. The van der Waals surface area contributed by atoms with Crippen LogP contribution in [0.25, 0.3) is 0 Å². The zero-order valence-corrected chi connectivity index (χ0v) is 10.9. The summed E-state index contributed by atoms with van der Waals surface area (Å²) in [5, 5.41) is 9.00. The molecule has 18 heavy (non-hydrogen) atoms. The predicted octanol–water partition coefficient (Wildman–Crippen LogP) is 2.77. The van der Waals surface area contributed by atoms with Gasteiger partial charge in [0.1, 0.15) is 5.75 Å². The fraction of sp³-hybridized carbons (Fsp3) is 0.429. The van der Waals surface area contributed by atoms with E-state index in [9.17, 15) is 9.59 Å². The number of carboxylic acids is 1. The summed E-state index contributed by atoms with van der Waals surface area (Å²) >= 11 is 0. The van der Waals surface area contributed by atoms with Gasteiger partial charge in [0, 0.05) is 12.0 Å². The van der Waals surface area contributed by atoms with Crippen LogP contribution in [-0.2, 0) is 4.79 Å². The number of ketones is 1. The van der Waals surface area contributed by atoms with Gasteiger partial charge in [0.25, 0.3) is 0 Å². The van der Waals surface area contributed by atoms with Crippen LogP contribution in [0.1, 0.15) is 37.6 Å². The Morgan fingerprint density at radius 2 is 2.00 bits per heavy atom. The summed E-state index contributed by atoms with van der Waals surface area (Å²) in [5.74, 6) is -0.544. The Kier molecular flexibility index (Phi) is 4.48. The van der Waals surface area contributed by atoms with Gasteiger partial charge in [-0.1, -0.05) is 12.1 Å². The van der Waals surface area contributed by atoms with Crippen LogP contribution in [0.4, 0.5) is 0 Å². The molecule has 0 fully saturated rings. The lowest BCUT2D eigenvalue weighted by Gasteiger charge is -2.17. The summed E-state index contributed by atoms with van der Waals surface area (Å²) in [6.07, 6.45) is -0.0298. The van der Waals surface area contributed by atoms with Crippen LogP contribution in [0.5, 0.6) is 5.75 Å². The number of carboxylic acid groups (broad SMARTS) is 1. The summed E-state index contributed by atoms with van der Waals surface area (Å²) in [4.78, 5) is 23.0. The summed E-state index contributed by atoms with van der Waals surface area (Å²) in [6, 6.07) is 6.81. The third-order valence-electron chi connectivity index (χ3n) is 2.65. The second kappa shape index (κ2) is 5.67. The van der Waals surface area contributed by atoms with Gasteiger partial charge in [-0.3, -0.25) is 9.59 Å². The molecule has 1 rings (SSSR count). The molecule has 1 aromatic rings. The van der Waals surface area contributed by atoms with Gasteiger partial charge in [0.2, 0.25) is 0 Å². The molecular formula is C14H18O4. The molecule has 0 bridgehead atoms. The summed E-state index contributed by atoms with van der Waals surface area (Å²) in [6.45, 7) is 5.47. The maximum atomic E-state index is 12.0. The minimum Gasteiger partial charge on any atom is -0.494 e. The Morgan fingerprint density at radius 3 is 2.56 bits per heavy atom. The van der Waals surface area contributed by atoms with E-state index in [0.29, 0.717) is 17.9 Å². The first-order valence-corrected chi connectivity index (χ1v) is 5.86. The molecule has 0 saturated heterocycles. The van der Waals surface area contributed by atoms with Crippen molar-refractivity contribution in [3.05, 3.63) is 29.8 Å². The standard InChI is InChI=1S/C14H18O4/c1-4-18-11-7-5-6-10(8-11)12(15)9-14(2,3)13(16)17/h5-8H,4,9H2,1-3H3,(H,16,17). The zero-order chi connectivity index (χ0) is 13.8. The minimum absolute atomic E-state index is 0.0298. The van der Waals surface area contributed by atoms with E-state index in [1.54, 1.807) is 38.1 Å². The average Bonchev–Trinajstić information content (AvgIpc) is 2.29. The Bertz CT molecular complexity index is 449. The number of hydrogen-bond acceptors (Lipinski definition) is 3. The lowest BCUT2D eigenvalue weighted by molar-refractivity contribution is -0.146. The highest BCUT2D eigenvalue weighted by Gasteiger charge is 2.30. The van der Waals surface area contributed by atoms with Crippen molar-refractivity contribution in [1.82, 2.24) is 0 Å². The monoisotopic (exact) mass is 250 g/mol. The number of aliphatic carboxylic acids is 1. The minimum atomic E-state index is -1.06. The molecule has 1 N–H and O–H groups in total. The summed E-state index contributed by atoms with van der Waals surface area (Å²) in [7, 11) is 0. The molecule has 0 aliphatic heterocycles. The van der Waals surface area contributed by atoms with Crippen molar-refractivity contribution in [2.75, 3.05) is 6.61 Å². The van der Waals surface area contributed by atoms with Gasteiger partial charge in [-0.2, -0.15) is 0 Å². The van der Waals surface area contributed by atoms with Crippen molar-refractivity contribution in [1.29, 1.82) is 0 Å². The van der Waals surface area contributed by atoms with Crippen molar-refractivity contribution in [2.24, 2.45) is 5.41 Å². The van der Waals surface area contributed by atoms with E-state index < -0.39 is 11.4 Å². The van der Waals surface area contributed by atoms with Crippen LogP contribution in [0, 0.1) is 5.41 Å². The number of ether oxygens (including phenoxy) is 1. The van der Waals surface area contributed by atoms with Crippen LogP contribution in [0.15, 0.2) is 24.3 Å². The van der Waals surface area contributed by atoms with E-state index in [-0.39, 0.29) is 12.2 Å². The molecule has 0 saturated carbocycles. The molecule has 0 radical (unpaired) electrons. The van der Waals surface area contributed by atoms with E-state index in [4.69, 9.17) is 9.84 Å². The maximum Gasteiger partial charge on any atom is 0.309 e. The molecule has 0 aromatic heterocycles. The molecule has 0 aliphatic carbocycles. The highest BCUT2D eigenvalue weighted by Crippen LogP contribution is 2.24. The number of rotatable bonds is 6. The molecule has 0 spiro atoms. The third-order valence-corrected chi connectivity index (χ3v) is 2.65. The molecule has 1 aromatic carbocycles. The van der Waals surface area contributed by atoms with Gasteiger partial charge in [0.15, 0.2) is 5.78 Å². The second-order valence-corrected chi connectivity index (χ2v) is 4.75. The van der Waals surface area contributed by atoms with Gasteiger partial charge < -0.3 is 9.84 Å². The molecule has 98 valence electrons. The Hall–Kier alpha value is -1.84. The smallest absolute Gasteiger partial charge is 0.309 e. The van der Waals surface area contributed by atoms with E-state index in [0.717, 1.165) is 0 Å². The fourth-order valence-corrected chi connectivity index (χ4v) is 1.51. The lowest BCUT2D eigenvalue weighted by Crippen LogP contribution is -2.26. The Balaban J connectivity index is 2.84. The molecule has 0 unspecified atom stereocenters. The SMILES string of the molecule is CCOc1cccc(C(=O)CC(C)(C)C(=O)O)c1. The summed E-state index contributed by atoms with van der Waals surface area (Å²) in [5.41, 5.74) is -0.575. The van der Waals surface area contributed by atoms with Gasteiger partial charge >= 0.3 is 5.97 Å². The van der Waals surface area contributed by atoms with E-state index in [2.05, 4.69) is 0 Å². The highest BCUT2D eigenvalue weighted by atomic mass is 16.5. The Labute approximate surface area is 107 Å². The van der Waals surface area contributed by atoms with Crippen molar-refractivity contribution in [3.8, 4) is 5.75 Å². The van der Waals surface area contributed by atoms with Crippen LogP contribution < -0.4 is 4.74 Å². The van der Waals surface area contributed by atoms with E-state index >= 15 is 0 Å². The Morgan fingerprint density at radius 1 is 1.33 bits per heavy atom. The molecular weight excluding hydrogens is 232 g/mol. The third kappa shape index (κ3) is 3.58. The van der Waals surface area contributed by atoms with Crippen LogP contribution in [0.2, 0.25) is 0 Å². The van der Waals surface area contributed by atoms with Gasteiger partial charge in [0.05, 0.1) is 12.0 Å². The van der Waals surface area contributed by atoms with Crippen LogP contribution >= 0.6 is 0 Å². The van der Waals surface area contributed by atoms with Gasteiger partial charge in [-0.05, 0) is 32.9 Å². The van der Waals surface area contributed by atoms with Crippen LogP contribution in [0.3, 0.4) is 0 Å². The zero-order valence-electron chi connectivity index (χ0n) is 10.9. The van der Waals surface area contributed by atoms with E-state index in [1.807, 2.05) is 6.92 Å². The molecule has 4 nitrogen and oxygen atoms in total. The largest absolute Gasteiger partial charge is 0.494 e. The first-order chi connectivity index (χ1) is 8.36. The second-order valence-electron chi connectivity index (χ2n) is 4.75. The molecule has 0 heterocycles. The first kappa shape index (κ1) is 14.2. The lowest BCUT2D eigenvalue weighted by atomic mass is 9.86. The highest BCUT2D eigenvalue weighted by molar-refractivity contribution is 5.99. The van der Waals surface area contributed by atoms with Crippen molar-refractivity contribution in [3.63, 3.8) is 0 Å². The van der Waals surface area contributed by atoms with E-state index in [1.165, 1.54) is 0 Å². The first-order valence-electron chi connectivity index (χ1n) is 5.86.